The zero-order valence-corrected chi connectivity index (χ0v) is 9.34. The number of nitrogens with one attached hydrogen (secondary N) is 1. The van der Waals surface area contributed by atoms with Gasteiger partial charge in [0.2, 0.25) is 0 Å². The van der Waals surface area contributed by atoms with Crippen LogP contribution in [0.4, 0.5) is 5.82 Å². The topological polar surface area (TPSA) is 45.1 Å². The Hall–Kier alpha value is -0.800. The number of pyridine rings is 1. The quantitative estimate of drug-likeness (QED) is 0.811. The van der Waals surface area contributed by atoms with Crippen LogP contribution in [0, 0.1) is 6.92 Å². The minimum absolute atomic E-state index is 0.0678. The summed E-state index contributed by atoms with van der Waals surface area (Å²) in [7, 11) is 0. The molecule has 0 saturated carbocycles. The molecule has 1 aromatic rings. The molecule has 78 valence electrons. The lowest BCUT2D eigenvalue weighted by Crippen LogP contribution is -2.28. The molecule has 2 unspecified atom stereocenters. The number of aliphatic hydroxyl groups excluding tert-OH is 1. The van der Waals surface area contributed by atoms with Gasteiger partial charge in [0.25, 0.3) is 0 Å². The number of hydrogen-bond acceptors (Lipinski definition) is 3. The highest BCUT2D eigenvalue weighted by molar-refractivity contribution is 6.32. The van der Waals surface area contributed by atoms with Gasteiger partial charge in [-0.15, -0.1) is 0 Å². The Balaban J connectivity index is 2.80. The van der Waals surface area contributed by atoms with Crippen LogP contribution in [0.3, 0.4) is 0 Å². The van der Waals surface area contributed by atoms with Gasteiger partial charge < -0.3 is 10.4 Å². The molecule has 0 aliphatic heterocycles. The fraction of sp³-hybridized carbons (Fsp3) is 0.500. The fourth-order valence-corrected chi connectivity index (χ4v) is 1.14. The number of hydrogen-bond donors (Lipinski definition) is 2. The molecule has 1 aromatic heterocycles. The summed E-state index contributed by atoms with van der Waals surface area (Å²) < 4.78 is 0. The van der Waals surface area contributed by atoms with Gasteiger partial charge >= 0.3 is 0 Å². The van der Waals surface area contributed by atoms with Gasteiger partial charge in [0, 0.05) is 5.69 Å². The maximum absolute atomic E-state index is 9.31. The SMILES string of the molecule is Cc1ccc(Cl)c(NC(C)C(C)O)n1. The van der Waals surface area contributed by atoms with Crippen molar-refractivity contribution in [3.8, 4) is 0 Å². The van der Waals surface area contributed by atoms with E-state index in [1.165, 1.54) is 0 Å². The van der Waals surface area contributed by atoms with Crippen LogP contribution in [0.5, 0.6) is 0 Å². The molecule has 0 saturated heterocycles. The van der Waals surface area contributed by atoms with Crippen molar-refractivity contribution in [3.05, 3.63) is 22.8 Å². The summed E-state index contributed by atoms with van der Waals surface area (Å²) >= 11 is 5.94. The molecule has 1 rings (SSSR count). The van der Waals surface area contributed by atoms with E-state index in [4.69, 9.17) is 11.6 Å². The molecule has 0 radical (unpaired) electrons. The van der Waals surface area contributed by atoms with Gasteiger partial charge in [-0.1, -0.05) is 11.6 Å². The predicted octanol–water partition coefficient (Wildman–Crippen LogP) is 2.22. The molecule has 0 amide bonds. The first-order valence-corrected chi connectivity index (χ1v) is 4.96. The molecule has 0 aromatic carbocycles. The Kier molecular flexibility index (Phi) is 3.72. The minimum Gasteiger partial charge on any atom is -0.391 e. The average molecular weight is 215 g/mol. The second kappa shape index (κ2) is 4.62. The number of aryl methyl sites for hydroxylation is 1. The smallest absolute Gasteiger partial charge is 0.145 e. The summed E-state index contributed by atoms with van der Waals surface area (Å²) in [5.41, 5.74) is 0.898. The van der Waals surface area contributed by atoms with E-state index < -0.39 is 6.10 Å². The molecule has 0 bridgehead atoms. The Morgan fingerprint density at radius 1 is 1.43 bits per heavy atom. The molecule has 0 aliphatic rings. The monoisotopic (exact) mass is 214 g/mol. The normalized spacial score (nSPS) is 14.9. The third-order valence-corrected chi connectivity index (χ3v) is 2.38. The van der Waals surface area contributed by atoms with E-state index in [1.54, 1.807) is 13.0 Å². The number of anilines is 1. The summed E-state index contributed by atoms with van der Waals surface area (Å²) in [6.07, 6.45) is -0.437. The lowest BCUT2D eigenvalue weighted by molar-refractivity contribution is 0.177. The van der Waals surface area contributed by atoms with E-state index in [-0.39, 0.29) is 6.04 Å². The van der Waals surface area contributed by atoms with Crippen molar-refractivity contribution in [1.29, 1.82) is 0 Å². The summed E-state index contributed by atoms with van der Waals surface area (Å²) in [5, 5.41) is 12.9. The Labute approximate surface area is 89.1 Å². The van der Waals surface area contributed by atoms with Crippen LogP contribution in [-0.2, 0) is 0 Å². The first-order chi connectivity index (χ1) is 6.50. The molecule has 14 heavy (non-hydrogen) atoms. The summed E-state index contributed by atoms with van der Waals surface area (Å²) in [5.74, 6) is 0.625. The van der Waals surface area contributed by atoms with E-state index in [9.17, 15) is 5.11 Å². The van der Waals surface area contributed by atoms with Gasteiger partial charge in [-0.2, -0.15) is 0 Å². The largest absolute Gasteiger partial charge is 0.391 e. The molecule has 2 atom stereocenters. The number of aliphatic hydroxyl groups is 1. The molecule has 2 N–H and O–H groups in total. The van der Waals surface area contributed by atoms with E-state index in [0.29, 0.717) is 10.8 Å². The first-order valence-electron chi connectivity index (χ1n) is 4.58. The van der Waals surface area contributed by atoms with Gasteiger partial charge in [0.15, 0.2) is 0 Å². The van der Waals surface area contributed by atoms with Crippen molar-refractivity contribution in [1.82, 2.24) is 4.98 Å². The molecule has 0 aliphatic carbocycles. The second-order valence-corrected chi connectivity index (χ2v) is 3.86. The van der Waals surface area contributed by atoms with Crippen LogP contribution in [0.1, 0.15) is 19.5 Å². The highest BCUT2D eigenvalue weighted by Gasteiger charge is 2.10. The van der Waals surface area contributed by atoms with Gasteiger partial charge in [-0.25, -0.2) is 4.98 Å². The van der Waals surface area contributed by atoms with Crippen molar-refractivity contribution in [2.75, 3.05) is 5.32 Å². The van der Waals surface area contributed by atoms with Gasteiger partial charge in [0.1, 0.15) is 5.82 Å². The van der Waals surface area contributed by atoms with Crippen LogP contribution < -0.4 is 5.32 Å². The van der Waals surface area contributed by atoms with E-state index in [2.05, 4.69) is 10.3 Å². The molecule has 3 nitrogen and oxygen atoms in total. The highest BCUT2D eigenvalue weighted by atomic mass is 35.5. The lowest BCUT2D eigenvalue weighted by atomic mass is 10.2. The summed E-state index contributed by atoms with van der Waals surface area (Å²) in [6.45, 7) is 5.50. The summed E-state index contributed by atoms with van der Waals surface area (Å²) in [6, 6.07) is 3.57. The number of halogens is 1. The predicted molar refractivity (Wildman–Crippen MR) is 58.7 cm³/mol. The highest BCUT2D eigenvalue weighted by Crippen LogP contribution is 2.20. The van der Waals surface area contributed by atoms with Gasteiger partial charge in [-0.3, -0.25) is 0 Å². The fourth-order valence-electron chi connectivity index (χ4n) is 0.977. The molecular formula is C10H15ClN2O. The standard InChI is InChI=1S/C10H15ClN2O/c1-6-4-5-9(11)10(12-6)13-7(2)8(3)14/h4-5,7-8,14H,1-3H3,(H,12,13). The molecule has 1 heterocycles. The molecule has 0 spiro atoms. The molecular weight excluding hydrogens is 200 g/mol. The van der Waals surface area contributed by atoms with Crippen molar-refractivity contribution >= 4 is 17.4 Å². The number of nitrogens with zero attached hydrogens (tertiary/aromatic N) is 1. The third-order valence-electron chi connectivity index (χ3n) is 2.07. The maximum Gasteiger partial charge on any atom is 0.145 e. The van der Waals surface area contributed by atoms with Crippen LogP contribution in [0.25, 0.3) is 0 Å². The second-order valence-electron chi connectivity index (χ2n) is 3.46. The third kappa shape index (κ3) is 2.86. The van der Waals surface area contributed by atoms with E-state index in [0.717, 1.165) is 5.69 Å². The molecule has 4 heteroatoms. The Bertz CT molecular complexity index is 315. The average Bonchev–Trinajstić information content (AvgIpc) is 2.11. The Morgan fingerprint density at radius 2 is 2.07 bits per heavy atom. The van der Waals surface area contributed by atoms with Crippen molar-refractivity contribution < 1.29 is 5.11 Å². The number of rotatable bonds is 3. The van der Waals surface area contributed by atoms with E-state index >= 15 is 0 Å². The lowest BCUT2D eigenvalue weighted by Gasteiger charge is -2.18. The minimum atomic E-state index is -0.437. The van der Waals surface area contributed by atoms with Gasteiger partial charge in [-0.05, 0) is 32.9 Å². The summed E-state index contributed by atoms with van der Waals surface area (Å²) in [4.78, 5) is 4.24. The zero-order chi connectivity index (χ0) is 10.7. The maximum atomic E-state index is 9.31. The first kappa shape index (κ1) is 11.3. The zero-order valence-electron chi connectivity index (χ0n) is 8.58. The van der Waals surface area contributed by atoms with Crippen LogP contribution >= 0.6 is 11.6 Å². The van der Waals surface area contributed by atoms with Crippen molar-refractivity contribution in [3.63, 3.8) is 0 Å². The van der Waals surface area contributed by atoms with Crippen LogP contribution in [0.15, 0.2) is 12.1 Å². The van der Waals surface area contributed by atoms with E-state index in [1.807, 2.05) is 19.9 Å². The van der Waals surface area contributed by atoms with Crippen LogP contribution in [-0.4, -0.2) is 22.2 Å². The van der Waals surface area contributed by atoms with Crippen molar-refractivity contribution in [2.45, 2.75) is 32.9 Å². The molecule has 0 fully saturated rings. The number of aromatic nitrogens is 1. The Morgan fingerprint density at radius 3 is 2.64 bits per heavy atom. The van der Waals surface area contributed by atoms with Crippen molar-refractivity contribution in [2.24, 2.45) is 0 Å². The van der Waals surface area contributed by atoms with Gasteiger partial charge in [0.05, 0.1) is 17.2 Å². The van der Waals surface area contributed by atoms with Crippen LogP contribution in [0.2, 0.25) is 5.02 Å².